The summed E-state index contributed by atoms with van der Waals surface area (Å²) in [7, 11) is 0. The molecule has 1 fully saturated rings. The second-order valence-electron chi connectivity index (χ2n) is 4.80. The molecular weight excluding hydrogens is 375 g/mol. The average molecular weight is 395 g/mol. The van der Waals surface area contributed by atoms with Crippen LogP contribution in [0.15, 0.2) is 24.3 Å². The lowest BCUT2D eigenvalue weighted by atomic mass is 10.1. The predicted octanol–water partition coefficient (Wildman–Crippen LogP) is 2.37. The van der Waals surface area contributed by atoms with Crippen LogP contribution in [0, 0.1) is 9.49 Å². The van der Waals surface area contributed by atoms with Gasteiger partial charge in [-0.1, -0.05) is 12.1 Å². The van der Waals surface area contributed by atoms with E-state index in [1.165, 1.54) is 9.99 Å². The van der Waals surface area contributed by atoms with E-state index in [4.69, 9.17) is 0 Å². The Bertz CT molecular complexity index is 408. The van der Waals surface area contributed by atoms with E-state index in [1.807, 2.05) is 18.2 Å². The zero-order valence-electron chi connectivity index (χ0n) is 10.8. The van der Waals surface area contributed by atoms with Gasteiger partial charge in [0.2, 0.25) is 5.91 Å². The van der Waals surface area contributed by atoms with Gasteiger partial charge in [0, 0.05) is 10.1 Å². The van der Waals surface area contributed by atoms with Crippen LogP contribution in [0.5, 0.6) is 0 Å². The first kappa shape index (κ1) is 16.7. The summed E-state index contributed by atoms with van der Waals surface area (Å²) < 4.78 is 1.18. The van der Waals surface area contributed by atoms with Gasteiger partial charge in [-0.25, -0.2) is 0 Å². The van der Waals surface area contributed by atoms with Gasteiger partial charge >= 0.3 is 0 Å². The Labute approximate surface area is 134 Å². The summed E-state index contributed by atoms with van der Waals surface area (Å²) in [5.41, 5.74) is 1.09. The number of amides is 1. The SMILES string of the molecule is Cl.O=C(Cc1cccc(I)c1)NCCC1CCNC1. The fourth-order valence-corrected chi connectivity index (χ4v) is 2.88. The highest BCUT2D eigenvalue weighted by molar-refractivity contribution is 14.1. The van der Waals surface area contributed by atoms with Crippen molar-refractivity contribution < 1.29 is 4.79 Å². The van der Waals surface area contributed by atoms with Crippen molar-refractivity contribution in [1.29, 1.82) is 0 Å². The predicted molar refractivity (Wildman–Crippen MR) is 88.7 cm³/mol. The molecule has 0 aliphatic carbocycles. The van der Waals surface area contributed by atoms with Crippen LogP contribution in [-0.4, -0.2) is 25.5 Å². The lowest BCUT2D eigenvalue weighted by Gasteiger charge is -2.09. The summed E-state index contributed by atoms with van der Waals surface area (Å²) in [6.45, 7) is 3.03. The lowest BCUT2D eigenvalue weighted by Crippen LogP contribution is -2.27. The number of nitrogens with one attached hydrogen (secondary N) is 2. The third-order valence-electron chi connectivity index (χ3n) is 3.29. The van der Waals surface area contributed by atoms with Crippen LogP contribution in [-0.2, 0) is 11.2 Å². The minimum Gasteiger partial charge on any atom is -0.356 e. The van der Waals surface area contributed by atoms with E-state index >= 15 is 0 Å². The number of benzene rings is 1. The molecule has 0 saturated carbocycles. The van der Waals surface area contributed by atoms with Crippen LogP contribution in [0.3, 0.4) is 0 Å². The third kappa shape index (κ3) is 6.10. The zero-order valence-corrected chi connectivity index (χ0v) is 13.8. The van der Waals surface area contributed by atoms with Crippen molar-refractivity contribution in [3.8, 4) is 0 Å². The van der Waals surface area contributed by atoms with Gasteiger partial charge < -0.3 is 10.6 Å². The normalized spacial score (nSPS) is 17.8. The summed E-state index contributed by atoms with van der Waals surface area (Å²) in [6, 6.07) is 8.09. The maximum absolute atomic E-state index is 11.8. The van der Waals surface area contributed by atoms with Crippen molar-refractivity contribution in [3.05, 3.63) is 33.4 Å². The molecule has 1 aliphatic rings. The molecule has 1 unspecified atom stereocenters. The lowest BCUT2D eigenvalue weighted by molar-refractivity contribution is -0.120. The molecule has 0 bridgehead atoms. The van der Waals surface area contributed by atoms with Gasteiger partial charge in [-0.05, 0) is 72.1 Å². The summed E-state index contributed by atoms with van der Waals surface area (Å²) in [5, 5.41) is 6.35. The number of hydrogen-bond acceptors (Lipinski definition) is 2. The van der Waals surface area contributed by atoms with E-state index in [2.05, 4.69) is 39.3 Å². The van der Waals surface area contributed by atoms with Crippen molar-refractivity contribution in [2.45, 2.75) is 19.3 Å². The van der Waals surface area contributed by atoms with Crippen LogP contribution < -0.4 is 10.6 Å². The Morgan fingerprint density at radius 2 is 2.32 bits per heavy atom. The van der Waals surface area contributed by atoms with Crippen molar-refractivity contribution >= 4 is 40.9 Å². The van der Waals surface area contributed by atoms with Crippen molar-refractivity contribution in [3.63, 3.8) is 0 Å². The number of rotatable bonds is 5. The zero-order chi connectivity index (χ0) is 12.8. The highest BCUT2D eigenvalue weighted by Crippen LogP contribution is 2.11. The minimum absolute atomic E-state index is 0. The second-order valence-corrected chi connectivity index (χ2v) is 6.05. The first-order chi connectivity index (χ1) is 8.74. The van der Waals surface area contributed by atoms with E-state index in [-0.39, 0.29) is 18.3 Å². The molecule has 106 valence electrons. The highest BCUT2D eigenvalue weighted by Gasteiger charge is 2.14. The van der Waals surface area contributed by atoms with Crippen LogP contribution in [0.1, 0.15) is 18.4 Å². The number of hydrogen-bond donors (Lipinski definition) is 2. The fraction of sp³-hybridized carbons (Fsp3) is 0.500. The molecule has 0 radical (unpaired) electrons. The standard InChI is InChI=1S/C14H19IN2O.ClH/c15-13-3-1-2-12(8-13)9-14(18)17-7-5-11-4-6-16-10-11;/h1-3,8,11,16H,4-7,9-10H2,(H,17,18);1H. The largest absolute Gasteiger partial charge is 0.356 e. The molecule has 1 amide bonds. The van der Waals surface area contributed by atoms with Crippen LogP contribution >= 0.6 is 35.0 Å². The van der Waals surface area contributed by atoms with Crippen LogP contribution in [0.25, 0.3) is 0 Å². The van der Waals surface area contributed by atoms with Gasteiger partial charge in [0.1, 0.15) is 0 Å². The molecule has 1 saturated heterocycles. The maximum atomic E-state index is 11.8. The molecule has 1 aromatic rings. The van der Waals surface area contributed by atoms with Crippen molar-refractivity contribution in [2.24, 2.45) is 5.92 Å². The van der Waals surface area contributed by atoms with E-state index in [0.29, 0.717) is 6.42 Å². The molecule has 0 aromatic heterocycles. The van der Waals surface area contributed by atoms with E-state index in [9.17, 15) is 4.79 Å². The van der Waals surface area contributed by atoms with Gasteiger partial charge in [-0.2, -0.15) is 0 Å². The molecule has 1 heterocycles. The monoisotopic (exact) mass is 394 g/mol. The number of halogens is 2. The quantitative estimate of drug-likeness (QED) is 0.753. The summed E-state index contributed by atoms with van der Waals surface area (Å²) in [5.74, 6) is 0.867. The van der Waals surface area contributed by atoms with Gasteiger partial charge in [0.05, 0.1) is 6.42 Å². The molecule has 1 aliphatic heterocycles. The third-order valence-corrected chi connectivity index (χ3v) is 3.96. The highest BCUT2D eigenvalue weighted by atomic mass is 127. The summed E-state index contributed by atoms with van der Waals surface area (Å²) >= 11 is 2.27. The first-order valence-electron chi connectivity index (χ1n) is 6.46. The second kappa shape index (κ2) is 8.76. The Kier molecular flexibility index (Phi) is 7.71. The Hall–Kier alpha value is -0.330. The first-order valence-corrected chi connectivity index (χ1v) is 7.54. The molecule has 2 N–H and O–H groups in total. The van der Waals surface area contributed by atoms with Crippen LogP contribution in [0.4, 0.5) is 0 Å². The van der Waals surface area contributed by atoms with Gasteiger partial charge in [-0.3, -0.25) is 4.79 Å². The Balaban J connectivity index is 0.00000180. The van der Waals surface area contributed by atoms with E-state index in [1.54, 1.807) is 0 Å². The van der Waals surface area contributed by atoms with Crippen molar-refractivity contribution in [1.82, 2.24) is 10.6 Å². The van der Waals surface area contributed by atoms with E-state index in [0.717, 1.165) is 37.5 Å². The minimum atomic E-state index is 0. The van der Waals surface area contributed by atoms with E-state index < -0.39 is 0 Å². The van der Waals surface area contributed by atoms with Gasteiger partial charge in [0.25, 0.3) is 0 Å². The molecule has 1 aromatic carbocycles. The Morgan fingerprint density at radius 1 is 1.47 bits per heavy atom. The molecule has 19 heavy (non-hydrogen) atoms. The summed E-state index contributed by atoms with van der Waals surface area (Å²) in [6.07, 6.45) is 2.82. The summed E-state index contributed by atoms with van der Waals surface area (Å²) in [4.78, 5) is 11.8. The van der Waals surface area contributed by atoms with Crippen molar-refractivity contribution in [2.75, 3.05) is 19.6 Å². The molecule has 1 atom stereocenters. The smallest absolute Gasteiger partial charge is 0.224 e. The topological polar surface area (TPSA) is 41.1 Å². The Morgan fingerprint density at radius 3 is 3.00 bits per heavy atom. The molecule has 2 rings (SSSR count). The van der Waals surface area contributed by atoms with Crippen LogP contribution in [0.2, 0.25) is 0 Å². The number of carbonyl (C=O) groups excluding carboxylic acids is 1. The molecule has 0 spiro atoms. The fourth-order valence-electron chi connectivity index (χ4n) is 2.27. The average Bonchev–Trinajstić information content (AvgIpc) is 2.82. The molecular formula is C14H20ClIN2O. The van der Waals surface area contributed by atoms with Gasteiger partial charge in [-0.15, -0.1) is 12.4 Å². The molecule has 3 nitrogen and oxygen atoms in total. The number of carbonyl (C=O) groups is 1. The molecule has 5 heteroatoms. The maximum Gasteiger partial charge on any atom is 0.224 e. The van der Waals surface area contributed by atoms with Gasteiger partial charge in [0.15, 0.2) is 0 Å².